The van der Waals surface area contributed by atoms with Gasteiger partial charge in [0.05, 0.1) is 6.04 Å². The maximum atomic E-state index is 12.4. The van der Waals surface area contributed by atoms with E-state index in [1.807, 2.05) is 31.2 Å². The molecule has 1 fully saturated rings. The van der Waals surface area contributed by atoms with Crippen LogP contribution < -0.4 is 10.0 Å². The number of sulfonamides is 1. The Morgan fingerprint density at radius 2 is 1.83 bits per heavy atom. The normalized spacial score (nSPS) is 15.9. The minimum absolute atomic E-state index is 0.0124. The Kier molecular flexibility index (Phi) is 4.47. The SMILES string of the molecule is CNS(=O)(=O)c1ccc(C(=O)N[C@H](c2ccc(C)cc2)C2CC2)o1. The van der Waals surface area contributed by atoms with Gasteiger partial charge in [-0.2, -0.15) is 0 Å². The first-order valence-corrected chi connectivity index (χ1v) is 9.30. The van der Waals surface area contributed by atoms with Gasteiger partial charge in [0.2, 0.25) is 5.09 Å². The minimum Gasteiger partial charge on any atom is -0.438 e. The van der Waals surface area contributed by atoms with Crippen molar-refractivity contribution in [3.05, 3.63) is 53.3 Å². The number of benzene rings is 1. The van der Waals surface area contributed by atoms with Crippen molar-refractivity contribution in [2.24, 2.45) is 5.92 Å². The molecule has 0 radical (unpaired) electrons. The van der Waals surface area contributed by atoms with E-state index in [1.54, 1.807) is 0 Å². The van der Waals surface area contributed by atoms with Gasteiger partial charge in [0.1, 0.15) is 0 Å². The summed E-state index contributed by atoms with van der Waals surface area (Å²) in [6, 6.07) is 10.6. The fraction of sp³-hybridized carbons (Fsp3) is 0.353. The zero-order valence-electron chi connectivity index (χ0n) is 13.6. The number of hydrogen-bond donors (Lipinski definition) is 2. The smallest absolute Gasteiger partial charge is 0.287 e. The van der Waals surface area contributed by atoms with Crippen LogP contribution in [0.25, 0.3) is 0 Å². The Bertz CT molecular complexity index is 836. The van der Waals surface area contributed by atoms with Crippen molar-refractivity contribution in [2.45, 2.75) is 30.9 Å². The number of carbonyl (C=O) groups is 1. The molecular weight excluding hydrogens is 328 g/mol. The second kappa shape index (κ2) is 6.41. The summed E-state index contributed by atoms with van der Waals surface area (Å²) in [6.07, 6.45) is 2.13. The topological polar surface area (TPSA) is 88.4 Å². The third kappa shape index (κ3) is 3.52. The molecule has 2 N–H and O–H groups in total. The van der Waals surface area contributed by atoms with Gasteiger partial charge in [0.15, 0.2) is 5.76 Å². The van der Waals surface area contributed by atoms with Crippen LogP contribution in [0.15, 0.2) is 45.9 Å². The van der Waals surface area contributed by atoms with Crippen molar-refractivity contribution in [1.82, 2.24) is 10.0 Å². The first-order valence-electron chi connectivity index (χ1n) is 7.81. The summed E-state index contributed by atoms with van der Waals surface area (Å²) in [4.78, 5) is 12.4. The molecule has 1 atom stereocenters. The lowest BCUT2D eigenvalue weighted by Gasteiger charge is -2.18. The van der Waals surface area contributed by atoms with E-state index in [2.05, 4.69) is 10.0 Å². The Morgan fingerprint density at radius 1 is 1.17 bits per heavy atom. The first-order chi connectivity index (χ1) is 11.4. The molecule has 0 unspecified atom stereocenters. The van der Waals surface area contributed by atoms with Crippen LogP contribution in [0.4, 0.5) is 0 Å². The van der Waals surface area contributed by atoms with Crippen LogP contribution in [-0.4, -0.2) is 21.4 Å². The largest absolute Gasteiger partial charge is 0.438 e. The summed E-state index contributed by atoms with van der Waals surface area (Å²) in [7, 11) is -2.41. The van der Waals surface area contributed by atoms with Crippen molar-refractivity contribution < 1.29 is 17.6 Å². The van der Waals surface area contributed by atoms with Gasteiger partial charge < -0.3 is 9.73 Å². The van der Waals surface area contributed by atoms with Crippen LogP contribution in [-0.2, 0) is 10.0 Å². The van der Waals surface area contributed by atoms with Gasteiger partial charge >= 0.3 is 0 Å². The van der Waals surface area contributed by atoms with Crippen LogP contribution in [0.2, 0.25) is 0 Å². The van der Waals surface area contributed by atoms with E-state index in [-0.39, 0.29) is 16.9 Å². The number of amides is 1. The second-order valence-electron chi connectivity index (χ2n) is 6.03. The number of furan rings is 1. The van der Waals surface area contributed by atoms with Crippen LogP contribution in [0, 0.1) is 12.8 Å². The van der Waals surface area contributed by atoms with E-state index < -0.39 is 15.9 Å². The molecule has 1 aliphatic carbocycles. The molecule has 0 aliphatic heterocycles. The van der Waals surface area contributed by atoms with E-state index in [4.69, 9.17) is 4.42 Å². The van der Waals surface area contributed by atoms with Crippen molar-refractivity contribution in [3.8, 4) is 0 Å². The summed E-state index contributed by atoms with van der Waals surface area (Å²) in [6.45, 7) is 2.01. The van der Waals surface area contributed by atoms with E-state index in [0.717, 1.165) is 24.0 Å². The highest BCUT2D eigenvalue weighted by molar-refractivity contribution is 7.89. The maximum absolute atomic E-state index is 12.4. The van der Waals surface area contributed by atoms with Crippen molar-refractivity contribution in [2.75, 3.05) is 7.05 Å². The van der Waals surface area contributed by atoms with Gasteiger partial charge in [0.25, 0.3) is 15.9 Å². The number of aryl methyl sites for hydroxylation is 1. The van der Waals surface area contributed by atoms with Gasteiger partial charge in [-0.15, -0.1) is 0 Å². The fourth-order valence-corrected chi connectivity index (χ4v) is 3.22. The molecule has 6 nitrogen and oxygen atoms in total. The van der Waals surface area contributed by atoms with Crippen molar-refractivity contribution in [1.29, 1.82) is 0 Å². The highest BCUT2D eigenvalue weighted by atomic mass is 32.2. The van der Waals surface area contributed by atoms with Gasteiger partial charge in [0, 0.05) is 0 Å². The standard InChI is InChI=1S/C17H20N2O4S/c1-11-3-5-12(6-4-11)16(13-7-8-13)19-17(20)14-9-10-15(23-14)24(21,22)18-2/h3-6,9-10,13,16,18H,7-8H2,1-2H3,(H,19,20)/t16-/m1/s1. The monoisotopic (exact) mass is 348 g/mol. The first kappa shape index (κ1) is 16.7. The molecule has 3 rings (SSSR count). The van der Waals surface area contributed by atoms with E-state index in [9.17, 15) is 13.2 Å². The zero-order chi connectivity index (χ0) is 17.3. The zero-order valence-corrected chi connectivity index (χ0v) is 14.4. The predicted octanol–water partition coefficient (Wildman–Crippen LogP) is 2.38. The average molecular weight is 348 g/mol. The number of hydrogen-bond acceptors (Lipinski definition) is 4. The van der Waals surface area contributed by atoms with Gasteiger partial charge in [-0.05, 0) is 50.4 Å². The molecule has 128 valence electrons. The summed E-state index contributed by atoms with van der Waals surface area (Å²) in [5, 5.41) is 2.70. The van der Waals surface area contributed by atoms with Crippen LogP contribution in [0.5, 0.6) is 0 Å². The number of rotatable bonds is 6. The molecule has 1 aromatic carbocycles. The Morgan fingerprint density at radius 3 is 2.42 bits per heavy atom. The van der Waals surface area contributed by atoms with Gasteiger partial charge in [-0.3, -0.25) is 4.79 Å². The molecule has 0 bridgehead atoms. The molecule has 1 heterocycles. The van der Waals surface area contributed by atoms with Gasteiger partial charge in [-0.25, -0.2) is 13.1 Å². The molecular formula is C17H20N2O4S. The summed E-state index contributed by atoms with van der Waals surface area (Å²) in [5.74, 6) is -0.0151. The van der Waals surface area contributed by atoms with Crippen LogP contribution in [0.3, 0.4) is 0 Å². The molecule has 2 aromatic rings. The summed E-state index contributed by atoms with van der Waals surface area (Å²) >= 11 is 0. The Hall–Kier alpha value is -2.12. The predicted molar refractivity (Wildman–Crippen MR) is 89.1 cm³/mol. The number of nitrogens with one attached hydrogen (secondary N) is 2. The molecule has 0 saturated heterocycles. The van der Waals surface area contributed by atoms with E-state index in [1.165, 1.54) is 19.2 Å². The molecule has 24 heavy (non-hydrogen) atoms. The molecule has 1 saturated carbocycles. The summed E-state index contributed by atoms with van der Waals surface area (Å²) in [5.41, 5.74) is 2.21. The Balaban J connectivity index is 1.78. The summed E-state index contributed by atoms with van der Waals surface area (Å²) < 4.78 is 30.7. The van der Waals surface area contributed by atoms with Crippen molar-refractivity contribution >= 4 is 15.9 Å². The molecule has 0 spiro atoms. The molecule has 1 aliphatic rings. The lowest BCUT2D eigenvalue weighted by Crippen LogP contribution is -2.29. The molecule has 1 aromatic heterocycles. The second-order valence-corrected chi connectivity index (χ2v) is 7.84. The quantitative estimate of drug-likeness (QED) is 0.839. The van der Waals surface area contributed by atoms with Crippen molar-refractivity contribution in [3.63, 3.8) is 0 Å². The third-order valence-corrected chi connectivity index (χ3v) is 5.44. The maximum Gasteiger partial charge on any atom is 0.287 e. The molecule has 7 heteroatoms. The van der Waals surface area contributed by atoms with Crippen LogP contribution >= 0.6 is 0 Å². The Labute approximate surface area is 141 Å². The highest BCUT2D eigenvalue weighted by Gasteiger charge is 2.34. The van der Waals surface area contributed by atoms with Gasteiger partial charge in [-0.1, -0.05) is 29.8 Å². The number of carbonyl (C=O) groups excluding carboxylic acids is 1. The third-order valence-electron chi connectivity index (χ3n) is 4.16. The van der Waals surface area contributed by atoms with E-state index >= 15 is 0 Å². The lowest BCUT2D eigenvalue weighted by atomic mass is 10.0. The fourth-order valence-electron chi connectivity index (χ4n) is 2.58. The molecule has 1 amide bonds. The van der Waals surface area contributed by atoms with Crippen LogP contribution in [0.1, 0.15) is 40.6 Å². The highest BCUT2D eigenvalue weighted by Crippen LogP contribution is 2.41. The van der Waals surface area contributed by atoms with E-state index in [0.29, 0.717) is 5.92 Å². The minimum atomic E-state index is -3.70. The average Bonchev–Trinajstić information content (AvgIpc) is 3.28. The lowest BCUT2D eigenvalue weighted by molar-refractivity contribution is 0.0898.